The Bertz CT molecular complexity index is 572. The van der Waals surface area contributed by atoms with E-state index in [2.05, 4.69) is 5.32 Å². The molecule has 0 saturated carbocycles. The average Bonchev–Trinajstić information content (AvgIpc) is 2.58. The summed E-state index contributed by atoms with van der Waals surface area (Å²) in [5.41, 5.74) is 0.848. The summed E-state index contributed by atoms with van der Waals surface area (Å²) in [5, 5.41) is 13.2. The summed E-state index contributed by atoms with van der Waals surface area (Å²) in [5.74, 6) is 0.0343. The van der Waals surface area contributed by atoms with E-state index in [1.165, 1.54) is 0 Å². The van der Waals surface area contributed by atoms with E-state index in [1.54, 1.807) is 4.90 Å². The van der Waals surface area contributed by atoms with E-state index in [0.717, 1.165) is 18.4 Å². The molecule has 0 bridgehead atoms. The van der Waals surface area contributed by atoms with Crippen molar-refractivity contribution < 1.29 is 14.7 Å². The normalized spacial score (nSPS) is 17.2. The van der Waals surface area contributed by atoms with Gasteiger partial charge in [0, 0.05) is 19.5 Å². The van der Waals surface area contributed by atoms with Gasteiger partial charge in [0.25, 0.3) is 0 Å². The van der Waals surface area contributed by atoms with Gasteiger partial charge in [0.05, 0.1) is 12.6 Å². The van der Waals surface area contributed by atoms with E-state index in [9.17, 15) is 14.7 Å². The van der Waals surface area contributed by atoms with Crippen LogP contribution < -0.4 is 5.32 Å². The van der Waals surface area contributed by atoms with Gasteiger partial charge in [0.15, 0.2) is 0 Å². The summed E-state index contributed by atoms with van der Waals surface area (Å²) in [4.78, 5) is 25.9. The second-order valence-corrected chi connectivity index (χ2v) is 8.09. The average molecular weight is 346 g/mol. The highest BCUT2D eigenvalue weighted by Gasteiger charge is 2.28. The first-order chi connectivity index (χ1) is 11.8. The summed E-state index contributed by atoms with van der Waals surface area (Å²) in [6.07, 6.45) is 1.48. The molecule has 1 unspecified atom stereocenters. The van der Waals surface area contributed by atoms with Gasteiger partial charge in [0.1, 0.15) is 0 Å². The van der Waals surface area contributed by atoms with Gasteiger partial charge in [-0.25, -0.2) is 0 Å². The largest absolute Gasteiger partial charge is 0.388 e. The quantitative estimate of drug-likeness (QED) is 0.861. The van der Waals surface area contributed by atoms with Crippen molar-refractivity contribution in [2.24, 2.45) is 11.3 Å². The SMILES string of the molecule is CC(C)(C)CC(=O)NCC(=O)N1CCC(C(O)c2ccccc2)CC1. The van der Waals surface area contributed by atoms with Gasteiger partial charge in [-0.3, -0.25) is 9.59 Å². The standard InChI is InChI=1S/C20H30N2O3/c1-20(2,3)13-17(23)21-14-18(24)22-11-9-16(10-12-22)19(25)15-7-5-4-6-8-15/h4-8,16,19,25H,9-14H2,1-3H3,(H,21,23). The van der Waals surface area contributed by atoms with Crippen molar-refractivity contribution >= 4 is 11.8 Å². The number of rotatable bonds is 5. The summed E-state index contributed by atoms with van der Waals surface area (Å²) in [7, 11) is 0. The van der Waals surface area contributed by atoms with Crippen LogP contribution in [0.15, 0.2) is 30.3 Å². The lowest BCUT2D eigenvalue weighted by atomic mass is 9.87. The maximum absolute atomic E-state index is 12.3. The molecule has 1 heterocycles. The number of nitrogens with zero attached hydrogens (tertiary/aromatic N) is 1. The molecule has 25 heavy (non-hydrogen) atoms. The zero-order valence-corrected chi connectivity index (χ0v) is 15.5. The Morgan fingerprint density at radius 3 is 2.36 bits per heavy atom. The van der Waals surface area contributed by atoms with Gasteiger partial charge in [-0.1, -0.05) is 51.1 Å². The fraction of sp³-hybridized carbons (Fsp3) is 0.600. The minimum absolute atomic E-state index is 0.0464. The lowest BCUT2D eigenvalue weighted by Gasteiger charge is -2.34. The van der Waals surface area contributed by atoms with Gasteiger partial charge in [-0.05, 0) is 29.7 Å². The zero-order valence-electron chi connectivity index (χ0n) is 15.5. The van der Waals surface area contributed by atoms with Crippen LogP contribution in [-0.4, -0.2) is 41.5 Å². The zero-order chi connectivity index (χ0) is 18.4. The first-order valence-electron chi connectivity index (χ1n) is 9.04. The monoisotopic (exact) mass is 346 g/mol. The molecule has 1 saturated heterocycles. The van der Waals surface area contributed by atoms with E-state index >= 15 is 0 Å². The molecule has 1 aliphatic heterocycles. The predicted octanol–water partition coefficient (Wildman–Crippen LogP) is 2.51. The smallest absolute Gasteiger partial charge is 0.241 e. The van der Waals surface area contributed by atoms with Crippen molar-refractivity contribution in [3.8, 4) is 0 Å². The van der Waals surface area contributed by atoms with Crippen molar-refractivity contribution in [2.45, 2.75) is 46.1 Å². The molecule has 0 radical (unpaired) electrons. The Labute approximate surface area is 150 Å². The van der Waals surface area contributed by atoms with Crippen LogP contribution >= 0.6 is 0 Å². The van der Waals surface area contributed by atoms with Crippen molar-refractivity contribution in [1.82, 2.24) is 10.2 Å². The second-order valence-electron chi connectivity index (χ2n) is 8.09. The summed E-state index contributed by atoms with van der Waals surface area (Å²) in [6, 6.07) is 9.67. The number of likely N-dealkylation sites (tertiary alicyclic amines) is 1. The molecule has 1 aromatic rings. The first kappa shape index (κ1) is 19.4. The van der Waals surface area contributed by atoms with Crippen LogP contribution in [0.2, 0.25) is 0 Å². The number of nitrogens with one attached hydrogen (secondary N) is 1. The molecule has 5 heteroatoms. The van der Waals surface area contributed by atoms with Crippen molar-refractivity contribution in [1.29, 1.82) is 0 Å². The van der Waals surface area contributed by atoms with Crippen molar-refractivity contribution in [2.75, 3.05) is 19.6 Å². The number of carbonyl (C=O) groups is 2. The van der Waals surface area contributed by atoms with Crippen LogP contribution in [0.4, 0.5) is 0 Å². The molecule has 2 rings (SSSR count). The van der Waals surface area contributed by atoms with Crippen LogP contribution in [-0.2, 0) is 9.59 Å². The molecule has 138 valence electrons. The number of aliphatic hydroxyl groups is 1. The second kappa shape index (κ2) is 8.48. The molecular weight excluding hydrogens is 316 g/mol. The number of piperidine rings is 1. The lowest BCUT2D eigenvalue weighted by molar-refractivity contribution is -0.134. The number of carbonyl (C=O) groups excluding carboxylic acids is 2. The minimum atomic E-state index is -0.482. The summed E-state index contributed by atoms with van der Waals surface area (Å²) in [6.45, 7) is 7.30. The molecular formula is C20H30N2O3. The third-order valence-corrected chi connectivity index (χ3v) is 4.61. The Kier molecular flexibility index (Phi) is 6.59. The highest BCUT2D eigenvalue weighted by molar-refractivity contribution is 5.85. The number of hydrogen-bond acceptors (Lipinski definition) is 3. The Morgan fingerprint density at radius 1 is 1.20 bits per heavy atom. The maximum atomic E-state index is 12.3. The Hall–Kier alpha value is -1.88. The first-order valence-corrected chi connectivity index (χ1v) is 9.04. The van der Waals surface area contributed by atoms with Crippen LogP contribution in [0.25, 0.3) is 0 Å². The topological polar surface area (TPSA) is 69.6 Å². The Morgan fingerprint density at radius 2 is 1.80 bits per heavy atom. The molecule has 0 aromatic heterocycles. The molecule has 1 fully saturated rings. The highest BCUT2D eigenvalue weighted by Crippen LogP contribution is 2.30. The number of amides is 2. The third-order valence-electron chi connectivity index (χ3n) is 4.61. The lowest BCUT2D eigenvalue weighted by Crippen LogP contribution is -2.45. The van der Waals surface area contributed by atoms with Gasteiger partial charge in [-0.2, -0.15) is 0 Å². The molecule has 5 nitrogen and oxygen atoms in total. The molecule has 0 spiro atoms. The molecule has 0 aliphatic carbocycles. The molecule has 1 aliphatic rings. The molecule has 1 aromatic carbocycles. The predicted molar refractivity (Wildman–Crippen MR) is 97.8 cm³/mol. The Balaban J connectivity index is 1.76. The van der Waals surface area contributed by atoms with Gasteiger partial charge >= 0.3 is 0 Å². The van der Waals surface area contributed by atoms with Crippen LogP contribution in [0.5, 0.6) is 0 Å². The van der Waals surface area contributed by atoms with E-state index in [-0.39, 0.29) is 29.7 Å². The van der Waals surface area contributed by atoms with E-state index in [4.69, 9.17) is 0 Å². The van der Waals surface area contributed by atoms with E-state index < -0.39 is 6.10 Å². The minimum Gasteiger partial charge on any atom is -0.388 e. The van der Waals surface area contributed by atoms with Crippen LogP contribution in [0, 0.1) is 11.3 Å². The number of hydrogen-bond donors (Lipinski definition) is 2. The van der Waals surface area contributed by atoms with Crippen molar-refractivity contribution in [3.63, 3.8) is 0 Å². The summed E-state index contributed by atoms with van der Waals surface area (Å²) < 4.78 is 0. The number of benzene rings is 1. The number of aliphatic hydroxyl groups excluding tert-OH is 1. The maximum Gasteiger partial charge on any atom is 0.241 e. The fourth-order valence-electron chi connectivity index (χ4n) is 3.22. The van der Waals surface area contributed by atoms with Gasteiger partial charge in [-0.15, -0.1) is 0 Å². The fourth-order valence-corrected chi connectivity index (χ4v) is 3.22. The molecule has 2 N–H and O–H groups in total. The highest BCUT2D eigenvalue weighted by atomic mass is 16.3. The van der Waals surface area contributed by atoms with Crippen LogP contribution in [0.1, 0.15) is 51.7 Å². The van der Waals surface area contributed by atoms with E-state index in [0.29, 0.717) is 19.5 Å². The molecule has 1 atom stereocenters. The van der Waals surface area contributed by atoms with Crippen LogP contribution in [0.3, 0.4) is 0 Å². The van der Waals surface area contributed by atoms with E-state index in [1.807, 2.05) is 51.1 Å². The molecule has 2 amide bonds. The van der Waals surface area contributed by atoms with Gasteiger partial charge < -0.3 is 15.3 Å². The van der Waals surface area contributed by atoms with Crippen molar-refractivity contribution in [3.05, 3.63) is 35.9 Å². The summed E-state index contributed by atoms with van der Waals surface area (Å²) >= 11 is 0. The third kappa shape index (κ3) is 6.16. The van der Waals surface area contributed by atoms with Gasteiger partial charge in [0.2, 0.25) is 11.8 Å².